The van der Waals surface area contributed by atoms with Crippen LogP contribution in [0.25, 0.3) is 0 Å². The lowest BCUT2D eigenvalue weighted by molar-refractivity contribution is -0.128. The third-order valence-corrected chi connectivity index (χ3v) is 4.36. The Morgan fingerprint density at radius 1 is 1.50 bits per heavy atom. The summed E-state index contributed by atoms with van der Waals surface area (Å²) in [7, 11) is 3.68. The van der Waals surface area contributed by atoms with Gasteiger partial charge in [-0.1, -0.05) is 0 Å². The van der Waals surface area contributed by atoms with Gasteiger partial charge in [0.1, 0.15) is 5.82 Å². The van der Waals surface area contributed by atoms with Crippen molar-refractivity contribution < 1.29 is 9.59 Å². The van der Waals surface area contributed by atoms with Crippen molar-refractivity contribution in [2.45, 2.75) is 32.2 Å². The lowest BCUT2D eigenvalue weighted by atomic mass is 9.88. The SMILES string of the molecule is CN1C(=O)C[C@@H](C(=O)NCCc2nccn2C)C1(C)C. The monoisotopic (exact) mass is 278 g/mol. The van der Waals surface area contributed by atoms with Crippen LogP contribution in [0.5, 0.6) is 0 Å². The van der Waals surface area contributed by atoms with Gasteiger partial charge in [-0.2, -0.15) is 0 Å². The smallest absolute Gasteiger partial charge is 0.226 e. The number of aromatic nitrogens is 2. The predicted octanol–water partition coefficient (Wildman–Crippen LogP) is 0.336. The number of carbonyl (C=O) groups is 2. The number of likely N-dealkylation sites (tertiary alicyclic amines) is 1. The molecule has 2 rings (SSSR count). The number of hydrogen-bond donors (Lipinski definition) is 1. The minimum atomic E-state index is -0.426. The second-order valence-corrected chi connectivity index (χ2v) is 5.86. The van der Waals surface area contributed by atoms with Crippen molar-refractivity contribution in [3.8, 4) is 0 Å². The molecule has 1 saturated heterocycles. The first-order valence-electron chi connectivity index (χ1n) is 6.84. The van der Waals surface area contributed by atoms with Crippen molar-refractivity contribution in [1.82, 2.24) is 19.8 Å². The van der Waals surface area contributed by atoms with Crippen LogP contribution in [0.3, 0.4) is 0 Å². The maximum atomic E-state index is 12.2. The Morgan fingerprint density at radius 2 is 2.20 bits per heavy atom. The van der Waals surface area contributed by atoms with Crippen LogP contribution in [-0.4, -0.2) is 45.4 Å². The van der Waals surface area contributed by atoms with E-state index in [9.17, 15) is 9.59 Å². The number of imidazole rings is 1. The summed E-state index contributed by atoms with van der Waals surface area (Å²) in [6.07, 6.45) is 4.60. The van der Waals surface area contributed by atoms with Crippen LogP contribution < -0.4 is 5.32 Å². The van der Waals surface area contributed by atoms with Crippen LogP contribution >= 0.6 is 0 Å². The van der Waals surface area contributed by atoms with E-state index in [1.54, 1.807) is 18.1 Å². The minimum Gasteiger partial charge on any atom is -0.355 e. The van der Waals surface area contributed by atoms with Gasteiger partial charge < -0.3 is 14.8 Å². The van der Waals surface area contributed by atoms with E-state index in [0.29, 0.717) is 13.0 Å². The molecule has 1 atom stereocenters. The molecule has 0 spiro atoms. The van der Waals surface area contributed by atoms with Crippen molar-refractivity contribution in [2.75, 3.05) is 13.6 Å². The molecule has 0 bridgehead atoms. The largest absolute Gasteiger partial charge is 0.355 e. The highest BCUT2D eigenvalue weighted by Crippen LogP contribution is 2.34. The zero-order valence-electron chi connectivity index (χ0n) is 12.5. The van der Waals surface area contributed by atoms with E-state index in [0.717, 1.165) is 5.82 Å². The fourth-order valence-corrected chi connectivity index (χ4v) is 2.59. The van der Waals surface area contributed by atoms with E-state index in [1.165, 1.54) is 0 Å². The molecule has 2 amide bonds. The number of rotatable bonds is 4. The summed E-state index contributed by atoms with van der Waals surface area (Å²) in [4.78, 5) is 29.9. The molecule has 2 heterocycles. The van der Waals surface area contributed by atoms with Crippen molar-refractivity contribution in [2.24, 2.45) is 13.0 Å². The standard InChI is InChI=1S/C14H22N4O2/c1-14(2)10(9-12(19)18(14)4)13(20)16-6-5-11-15-7-8-17(11)3/h7-8,10H,5-6,9H2,1-4H3,(H,16,20)/t10-/m0/s1. The molecule has 6 heteroatoms. The van der Waals surface area contributed by atoms with Gasteiger partial charge in [0.05, 0.1) is 5.92 Å². The number of nitrogens with zero attached hydrogens (tertiary/aromatic N) is 3. The van der Waals surface area contributed by atoms with Crippen molar-refractivity contribution in [3.63, 3.8) is 0 Å². The van der Waals surface area contributed by atoms with Crippen LogP contribution in [0, 0.1) is 5.92 Å². The molecule has 1 N–H and O–H groups in total. The van der Waals surface area contributed by atoms with E-state index >= 15 is 0 Å². The van der Waals surface area contributed by atoms with Gasteiger partial charge in [-0.05, 0) is 13.8 Å². The summed E-state index contributed by atoms with van der Waals surface area (Å²) in [6, 6.07) is 0. The number of amides is 2. The summed E-state index contributed by atoms with van der Waals surface area (Å²) in [5, 5.41) is 2.92. The van der Waals surface area contributed by atoms with Gasteiger partial charge in [0.15, 0.2) is 0 Å². The number of nitrogens with one attached hydrogen (secondary N) is 1. The zero-order chi connectivity index (χ0) is 14.9. The van der Waals surface area contributed by atoms with Crippen molar-refractivity contribution in [3.05, 3.63) is 18.2 Å². The summed E-state index contributed by atoms with van der Waals surface area (Å²) in [5.74, 6) is 0.617. The van der Waals surface area contributed by atoms with Crippen LogP contribution in [0.4, 0.5) is 0 Å². The Balaban J connectivity index is 1.90. The van der Waals surface area contributed by atoms with E-state index in [1.807, 2.05) is 31.7 Å². The molecule has 1 aliphatic rings. The second-order valence-electron chi connectivity index (χ2n) is 5.86. The molecule has 1 aromatic rings. The first-order chi connectivity index (χ1) is 9.34. The fourth-order valence-electron chi connectivity index (χ4n) is 2.59. The van der Waals surface area contributed by atoms with Crippen LogP contribution in [0.1, 0.15) is 26.1 Å². The molecule has 0 unspecified atom stereocenters. The number of aryl methyl sites for hydroxylation is 1. The molecule has 6 nitrogen and oxygen atoms in total. The Labute approximate surface area is 119 Å². The second kappa shape index (κ2) is 5.26. The topological polar surface area (TPSA) is 67.2 Å². The van der Waals surface area contributed by atoms with Gasteiger partial charge >= 0.3 is 0 Å². The first kappa shape index (κ1) is 14.6. The van der Waals surface area contributed by atoms with E-state index in [4.69, 9.17) is 0 Å². The number of carbonyl (C=O) groups excluding carboxylic acids is 2. The Hall–Kier alpha value is -1.85. The van der Waals surface area contributed by atoms with Gasteiger partial charge in [-0.25, -0.2) is 4.98 Å². The number of hydrogen-bond acceptors (Lipinski definition) is 3. The van der Waals surface area contributed by atoms with E-state index in [2.05, 4.69) is 10.3 Å². The molecule has 20 heavy (non-hydrogen) atoms. The molecule has 1 aliphatic heterocycles. The summed E-state index contributed by atoms with van der Waals surface area (Å²) in [6.45, 7) is 4.40. The molecule has 110 valence electrons. The van der Waals surface area contributed by atoms with Gasteiger partial charge in [0, 0.05) is 51.4 Å². The van der Waals surface area contributed by atoms with Gasteiger partial charge in [-0.3, -0.25) is 9.59 Å². The third-order valence-electron chi connectivity index (χ3n) is 4.36. The molecule has 0 aliphatic carbocycles. The highest BCUT2D eigenvalue weighted by molar-refractivity contribution is 5.90. The highest BCUT2D eigenvalue weighted by Gasteiger charge is 2.47. The summed E-state index contributed by atoms with van der Waals surface area (Å²) >= 11 is 0. The van der Waals surface area contributed by atoms with E-state index in [-0.39, 0.29) is 24.2 Å². The lowest BCUT2D eigenvalue weighted by Gasteiger charge is -2.32. The van der Waals surface area contributed by atoms with Crippen molar-refractivity contribution in [1.29, 1.82) is 0 Å². The van der Waals surface area contributed by atoms with Crippen LogP contribution in [-0.2, 0) is 23.1 Å². The lowest BCUT2D eigenvalue weighted by Crippen LogP contribution is -2.47. The highest BCUT2D eigenvalue weighted by atomic mass is 16.2. The fraction of sp³-hybridized carbons (Fsp3) is 0.643. The van der Waals surface area contributed by atoms with Crippen LogP contribution in [0.2, 0.25) is 0 Å². The molecule has 0 aromatic carbocycles. The van der Waals surface area contributed by atoms with Gasteiger partial charge in [-0.15, -0.1) is 0 Å². The average Bonchev–Trinajstić information content (AvgIpc) is 2.87. The Morgan fingerprint density at radius 3 is 2.70 bits per heavy atom. The first-order valence-corrected chi connectivity index (χ1v) is 6.84. The average molecular weight is 278 g/mol. The summed E-state index contributed by atoms with van der Waals surface area (Å²) in [5.41, 5.74) is -0.426. The maximum absolute atomic E-state index is 12.2. The predicted molar refractivity (Wildman–Crippen MR) is 74.9 cm³/mol. The molecular weight excluding hydrogens is 256 g/mol. The Kier molecular flexibility index (Phi) is 3.83. The van der Waals surface area contributed by atoms with Crippen LogP contribution in [0.15, 0.2) is 12.4 Å². The van der Waals surface area contributed by atoms with Gasteiger partial charge in [0.2, 0.25) is 11.8 Å². The minimum absolute atomic E-state index is 0.0271. The summed E-state index contributed by atoms with van der Waals surface area (Å²) < 4.78 is 1.93. The maximum Gasteiger partial charge on any atom is 0.226 e. The Bertz CT molecular complexity index is 521. The molecular formula is C14H22N4O2. The quantitative estimate of drug-likeness (QED) is 0.863. The molecule has 1 fully saturated rings. The normalized spacial score (nSPS) is 21.3. The molecule has 1 aromatic heterocycles. The molecule has 0 saturated carbocycles. The molecule has 0 radical (unpaired) electrons. The zero-order valence-corrected chi connectivity index (χ0v) is 12.5. The van der Waals surface area contributed by atoms with Gasteiger partial charge in [0.25, 0.3) is 0 Å². The third kappa shape index (κ3) is 2.55. The van der Waals surface area contributed by atoms with Crippen molar-refractivity contribution >= 4 is 11.8 Å². The van der Waals surface area contributed by atoms with E-state index < -0.39 is 5.54 Å².